The molecule has 0 nitrogen and oxygen atoms in total. The Balaban J connectivity index is 1.73. The third kappa shape index (κ3) is 3.36. The maximum Gasteiger partial charge on any atom is -0.0319 e. The fourth-order valence-electron chi connectivity index (χ4n) is 3.27. The van der Waals surface area contributed by atoms with Gasteiger partial charge in [-0.25, -0.2) is 0 Å². The van der Waals surface area contributed by atoms with E-state index < -0.39 is 0 Å². The van der Waals surface area contributed by atoms with E-state index in [2.05, 4.69) is 19.9 Å². The minimum Gasteiger partial charge on any atom is -0.0853 e. The Morgan fingerprint density at radius 3 is 2.40 bits per heavy atom. The quantitative estimate of drug-likeness (QED) is 0.561. The summed E-state index contributed by atoms with van der Waals surface area (Å²) in [5.41, 5.74) is 1.63. The smallest absolute Gasteiger partial charge is 0.0319 e. The highest BCUT2D eigenvalue weighted by Crippen LogP contribution is 2.36. The molecule has 0 amide bonds. The number of hydrogen-bond acceptors (Lipinski definition) is 0. The molecule has 0 aromatic carbocycles. The van der Waals surface area contributed by atoms with Gasteiger partial charge >= 0.3 is 0 Å². The Kier molecular flexibility index (Phi) is 3.88. The molecule has 1 atom stereocenters. The molecule has 86 valence electrons. The second kappa shape index (κ2) is 5.18. The highest BCUT2D eigenvalue weighted by atomic mass is 14.3. The van der Waals surface area contributed by atoms with Gasteiger partial charge in [0.1, 0.15) is 0 Å². The summed E-state index contributed by atoms with van der Waals surface area (Å²) in [7, 11) is 0. The summed E-state index contributed by atoms with van der Waals surface area (Å²) in [4.78, 5) is 0. The van der Waals surface area contributed by atoms with E-state index in [1.165, 1.54) is 51.4 Å². The minimum atomic E-state index is 1.01. The zero-order chi connectivity index (χ0) is 10.7. The number of hydrogen-bond donors (Lipinski definition) is 0. The van der Waals surface area contributed by atoms with Crippen LogP contribution in [0.4, 0.5) is 0 Å². The van der Waals surface area contributed by atoms with Crippen molar-refractivity contribution in [3.05, 3.63) is 11.6 Å². The number of allylic oxidation sites excluding steroid dienone is 2. The van der Waals surface area contributed by atoms with Crippen molar-refractivity contribution in [1.82, 2.24) is 0 Å². The van der Waals surface area contributed by atoms with Crippen molar-refractivity contribution in [2.24, 2.45) is 17.8 Å². The lowest BCUT2D eigenvalue weighted by Crippen LogP contribution is -2.17. The van der Waals surface area contributed by atoms with E-state index in [0.717, 1.165) is 17.8 Å². The van der Waals surface area contributed by atoms with Gasteiger partial charge < -0.3 is 0 Å². The Morgan fingerprint density at radius 1 is 1.07 bits per heavy atom. The van der Waals surface area contributed by atoms with Crippen LogP contribution in [0.15, 0.2) is 11.6 Å². The lowest BCUT2D eigenvalue weighted by molar-refractivity contribution is 0.238. The Morgan fingerprint density at radius 2 is 1.80 bits per heavy atom. The predicted molar refractivity (Wildman–Crippen MR) is 66.8 cm³/mol. The first-order valence-corrected chi connectivity index (χ1v) is 6.89. The summed E-state index contributed by atoms with van der Waals surface area (Å²) < 4.78 is 0. The molecular weight excluding hydrogens is 180 g/mol. The van der Waals surface area contributed by atoms with Gasteiger partial charge in [0.2, 0.25) is 0 Å². The second-order valence-electron chi connectivity index (χ2n) is 6.05. The summed E-state index contributed by atoms with van der Waals surface area (Å²) in [6.07, 6.45) is 14.2. The van der Waals surface area contributed by atoms with Crippen LogP contribution in [0.3, 0.4) is 0 Å². The molecule has 1 unspecified atom stereocenters. The molecule has 0 heterocycles. The van der Waals surface area contributed by atoms with Gasteiger partial charge in [0.15, 0.2) is 0 Å². The summed E-state index contributed by atoms with van der Waals surface area (Å²) in [6.45, 7) is 4.71. The van der Waals surface area contributed by atoms with Crippen molar-refractivity contribution in [3.63, 3.8) is 0 Å². The van der Waals surface area contributed by atoms with Crippen LogP contribution < -0.4 is 0 Å². The van der Waals surface area contributed by atoms with E-state index in [1.54, 1.807) is 5.57 Å². The number of rotatable bonds is 2. The van der Waals surface area contributed by atoms with Gasteiger partial charge in [0.25, 0.3) is 0 Å². The Hall–Kier alpha value is -0.260. The van der Waals surface area contributed by atoms with Crippen LogP contribution in [0.5, 0.6) is 0 Å². The molecule has 0 bridgehead atoms. The average molecular weight is 206 g/mol. The highest BCUT2D eigenvalue weighted by Gasteiger charge is 2.22. The zero-order valence-corrected chi connectivity index (χ0v) is 10.5. The predicted octanol–water partition coefficient (Wildman–Crippen LogP) is 4.95. The van der Waals surface area contributed by atoms with Crippen LogP contribution in [0.2, 0.25) is 0 Å². The first-order valence-electron chi connectivity index (χ1n) is 6.89. The first kappa shape index (κ1) is 11.2. The third-order valence-corrected chi connectivity index (χ3v) is 4.55. The van der Waals surface area contributed by atoms with Gasteiger partial charge in [-0.15, -0.1) is 0 Å². The molecule has 15 heavy (non-hydrogen) atoms. The third-order valence-electron chi connectivity index (χ3n) is 4.55. The topological polar surface area (TPSA) is 0 Å². The molecule has 0 N–H and O–H groups in total. The van der Waals surface area contributed by atoms with Crippen LogP contribution in [0.25, 0.3) is 0 Å². The van der Waals surface area contributed by atoms with Crippen molar-refractivity contribution in [1.29, 1.82) is 0 Å². The normalized spacial score (nSPS) is 37.5. The van der Waals surface area contributed by atoms with E-state index in [0.29, 0.717) is 0 Å². The van der Waals surface area contributed by atoms with E-state index in [-0.39, 0.29) is 0 Å². The first-order chi connectivity index (χ1) is 7.24. The Bertz CT molecular complexity index is 218. The highest BCUT2D eigenvalue weighted by molar-refractivity contribution is 5.02. The van der Waals surface area contributed by atoms with Crippen LogP contribution >= 0.6 is 0 Å². The fraction of sp³-hybridized carbons (Fsp3) is 0.867. The second-order valence-corrected chi connectivity index (χ2v) is 6.05. The van der Waals surface area contributed by atoms with Crippen molar-refractivity contribution >= 4 is 0 Å². The maximum absolute atomic E-state index is 2.49. The van der Waals surface area contributed by atoms with E-state index in [9.17, 15) is 0 Å². The molecule has 0 heteroatoms. The van der Waals surface area contributed by atoms with Gasteiger partial charge in [-0.05, 0) is 50.4 Å². The van der Waals surface area contributed by atoms with Crippen LogP contribution in [-0.4, -0.2) is 0 Å². The molecule has 1 fully saturated rings. The Labute approximate surface area is 95.1 Å². The summed E-state index contributed by atoms with van der Waals surface area (Å²) in [5.74, 6) is 3.10. The van der Waals surface area contributed by atoms with Crippen LogP contribution in [0.1, 0.15) is 65.2 Å². The average Bonchev–Trinajstić information content (AvgIpc) is 2.25. The monoisotopic (exact) mass is 206 g/mol. The van der Waals surface area contributed by atoms with Gasteiger partial charge in [-0.2, -0.15) is 0 Å². The molecule has 0 aromatic rings. The van der Waals surface area contributed by atoms with Gasteiger partial charge in [-0.3, -0.25) is 0 Å². The van der Waals surface area contributed by atoms with Gasteiger partial charge in [-0.1, -0.05) is 44.3 Å². The SMILES string of the molecule is CC1=CCC(CC2CCC(C)CC2)CC1. The van der Waals surface area contributed by atoms with Crippen molar-refractivity contribution in [2.45, 2.75) is 65.2 Å². The van der Waals surface area contributed by atoms with Crippen molar-refractivity contribution < 1.29 is 0 Å². The standard InChI is InChI=1S/C15H26/c1-12-3-7-14(8-4-12)11-15-9-5-13(2)6-10-15/h3,13-15H,4-11H2,1-2H3. The lowest BCUT2D eigenvalue weighted by Gasteiger charge is -2.30. The van der Waals surface area contributed by atoms with Gasteiger partial charge in [0.05, 0.1) is 0 Å². The lowest BCUT2D eigenvalue weighted by atomic mass is 9.76. The minimum absolute atomic E-state index is 1.01. The van der Waals surface area contributed by atoms with E-state index >= 15 is 0 Å². The fourth-order valence-corrected chi connectivity index (χ4v) is 3.27. The van der Waals surface area contributed by atoms with Crippen LogP contribution in [0, 0.1) is 17.8 Å². The zero-order valence-electron chi connectivity index (χ0n) is 10.5. The van der Waals surface area contributed by atoms with E-state index in [1.807, 2.05) is 0 Å². The van der Waals surface area contributed by atoms with Crippen molar-refractivity contribution in [2.75, 3.05) is 0 Å². The van der Waals surface area contributed by atoms with Crippen LogP contribution in [-0.2, 0) is 0 Å². The summed E-state index contributed by atoms with van der Waals surface area (Å²) in [5, 5.41) is 0. The summed E-state index contributed by atoms with van der Waals surface area (Å²) in [6, 6.07) is 0. The summed E-state index contributed by atoms with van der Waals surface area (Å²) >= 11 is 0. The largest absolute Gasteiger partial charge is 0.0853 e. The molecule has 1 saturated carbocycles. The molecule has 2 aliphatic rings. The molecule has 0 radical (unpaired) electrons. The molecular formula is C15H26. The van der Waals surface area contributed by atoms with Gasteiger partial charge in [0, 0.05) is 0 Å². The van der Waals surface area contributed by atoms with E-state index in [4.69, 9.17) is 0 Å². The van der Waals surface area contributed by atoms with Crippen molar-refractivity contribution in [3.8, 4) is 0 Å². The molecule has 0 spiro atoms. The molecule has 2 rings (SSSR count). The molecule has 0 aliphatic heterocycles. The molecule has 0 saturated heterocycles. The molecule has 0 aromatic heterocycles. The molecule has 2 aliphatic carbocycles. The maximum atomic E-state index is 2.49.